The first-order valence-electron chi connectivity index (χ1n) is 6.71. The highest BCUT2D eigenvalue weighted by molar-refractivity contribution is 5.78. The maximum atomic E-state index is 11.8. The van der Waals surface area contributed by atoms with Crippen molar-refractivity contribution < 1.29 is 14.3 Å². The molecular formula is C13H24N2O3. The number of hydrogen-bond donors (Lipinski definition) is 1. The van der Waals surface area contributed by atoms with Crippen LogP contribution in [0.25, 0.3) is 0 Å². The van der Waals surface area contributed by atoms with Crippen molar-refractivity contribution in [1.82, 2.24) is 10.2 Å². The van der Waals surface area contributed by atoms with Crippen molar-refractivity contribution in [2.24, 2.45) is 0 Å². The van der Waals surface area contributed by atoms with Gasteiger partial charge in [-0.25, -0.2) is 0 Å². The Hall–Kier alpha value is -1.10. The number of carbonyl (C=O) groups excluding carboxylic acids is 2. The van der Waals surface area contributed by atoms with Crippen LogP contribution >= 0.6 is 0 Å². The van der Waals surface area contributed by atoms with Crippen LogP contribution in [0.2, 0.25) is 0 Å². The lowest BCUT2D eigenvalue weighted by atomic mass is 10.0. The summed E-state index contributed by atoms with van der Waals surface area (Å²) in [5.74, 6) is 0.131. The second-order valence-corrected chi connectivity index (χ2v) is 4.94. The lowest BCUT2D eigenvalue weighted by molar-refractivity contribution is -0.138. The molecule has 0 aromatic heterocycles. The highest BCUT2D eigenvalue weighted by atomic mass is 16.5. The Morgan fingerprint density at radius 2 is 1.94 bits per heavy atom. The summed E-state index contributed by atoms with van der Waals surface area (Å²) >= 11 is 0. The third-order valence-corrected chi connectivity index (χ3v) is 3.07. The molecule has 18 heavy (non-hydrogen) atoms. The van der Waals surface area contributed by atoms with Crippen molar-refractivity contribution in [3.8, 4) is 0 Å². The van der Waals surface area contributed by atoms with Gasteiger partial charge in [-0.05, 0) is 26.7 Å². The Balaban J connectivity index is 2.26. The van der Waals surface area contributed by atoms with Gasteiger partial charge in [0.15, 0.2) is 0 Å². The van der Waals surface area contributed by atoms with Gasteiger partial charge in [0.05, 0.1) is 6.10 Å². The number of nitrogens with zero attached hydrogens (tertiary/aromatic N) is 1. The van der Waals surface area contributed by atoms with Crippen molar-refractivity contribution in [2.75, 3.05) is 19.7 Å². The van der Waals surface area contributed by atoms with Crippen LogP contribution in [0.15, 0.2) is 0 Å². The highest BCUT2D eigenvalue weighted by Gasteiger charge is 2.23. The fourth-order valence-electron chi connectivity index (χ4n) is 1.93. The molecule has 2 amide bonds. The topological polar surface area (TPSA) is 58.6 Å². The summed E-state index contributed by atoms with van der Waals surface area (Å²) in [6, 6.07) is 0.215. The van der Waals surface area contributed by atoms with E-state index in [0.29, 0.717) is 19.5 Å². The van der Waals surface area contributed by atoms with Gasteiger partial charge in [0.25, 0.3) is 0 Å². The Bertz CT molecular complexity index is 284. The van der Waals surface area contributed by atoms with Crippen LogP contribution < -0.4 is 5.32 Å². The molecule has 1 rings (SSSR count). The zero-order valence-electron chi connectivity index (χ0n) is 11.6. The van der Waals surface area contributed by atoms with Crippen molar-refractivity contribution in [2.45, 2.75) is 52.2 Å². The molecule has 5 heteroatoms. The van der Waals surface area contributed by atoms with Crippen molar-refractivity contribution in [1.29, 1.82) is 0 Å². The molecule has 1 aliphatic rings. The van der Waals surface area contributed by atoms with Crippen molar-refractivity contribution in [3.63, 3.8) is 0 Å². The summed E-state index contributed by atoms with van der Waals surface area (Å²) in [4.78, 5) is 24.9. The van der Waals surface area contributed by atoms with Crippen LogP contribution in [0.1, 0.15) is 40.0 Å². The molecule has 1 aliphatic heterocycles. The number of carbonyl (C=O) groups is 2. The van der Waals surface area contributed by atoms with E-state index in [1.54, 1.807) is 0 Å². The van der Waals surface area contributed by atoms with E-state index in [1.165, 1.54) is 0 Å². The fraction of sp³-hybridized carbons (Fsp3) is 0.846. The number of rotatable bonds is 5. The summed E-state index contributed by atoms with van der Waals surface area (Å²) in [5.41, 5.74) is 0. The van der Waals surface area contributed by atoms with E-state index < -0.39 is 0 Å². The molecule has 1 saturated heterocycles. The molecular weight excluding hydrogens is 232 g/mol. The number of likely N-dealkylation sites (tertiary alicyclic amines) is 1. The second-order valence-electron chi connectivity index (χ2n) is 4.94. The van der Waals surface area contributed by atoms with E-state index >= 15 is 0 Å². The molecule has 0 saturated carbocycles. The normalized spacial score (nSPS) is 17.0. The van der Waals surface area contributed by atoms with E-state index in [9.17, 15) is 9.59 Å². The van der Waals surface area contributed by atoms with Gasteiger partial charge in [-0.1, -0.05) is 6.92 Å². The Kier molecular flexibility index (Phi) is 6.12. The average molecular weight is 256 g/mol. The standard InChI is InChI=1S/C13H24N2O3/c1-4-12(16)14-11-5-7-15(8-6-11)13(17)9-18-10(2)3/h10-11H,4-9H2,1-3H3,(H,14,16). The minimum absolute atomic E-state index is 0.0453. The number of amides is 2. The van der Waals surface area contributed by atoms with Crippen LogP contribution in [-0.2, 0) is 14.3 Å². The first-order valence-corrected chi connectivity index (χ1v) is 6.71. The second kappa shape index (κ2) is 7.36. The highest BCUT2D eigenvalue weighted by Crippen LogP contribution is 2.11. The van der Waals surface area contributed by atoms with Gasteiger partial charge >= 0.3 is 0 Å². The molecule has 0 unspecified atom stereocenters. The minimum atomic E-state index is 0.0453. The predicted octanol–water partition coefficient (Wildman–Crippen LogP) is 0.929. The van der Waals surface area contributed by atoms with Gasteiger partial charge < -0.3 is 15.0 Å². The minimum Gasteiger partial charge on any atom is -0.369 e. The summed E-state index contributed by atoms with van der Waals surface area (Å²) in [5, 5.41) is 2.97. The predicted molar refractivity (Wildman–Crippen MR) is 69.1 cm³/mol. The van der Waals surface area contributed by atoms with Crippen molar-refractivity contribution >= 4 is 11.8 Å². The number of hydrogen-bond acceptors (Lipinski definition) is 3. The summed E-state index contributed by atoms with van der Waals surface area (Å²) in [6.45, 7) is 7.24. The van der Waals surface area contributed by atoms with E-state index in [0.717, 1.165) is 12.8 Å². The van der Waals surface area contributed by atoms with Crippen molar-refractivity contribution in [3.05, 3.63) is 0 Å². The molecule has 0 aliphatic carbocycles. The smallest absolute Gasteiger partial charge is 0.248 e. The summed E-state index contributed by atoms with van der Waals surface area (Å²) < 4.78 is 5.30. The summed E-state index contributed by atoms with van der Waals surface area (Å²) in [6.07, 6.45) is 2.26. The number of nitrogens with one attached hydrogen (secondary N) is 1. The van der Waals surface area contributed by atoms with Crippen LogP contribution in [0.3, 0.4) is 0 Å². The summed E-state index contributed by atoms with van der Waals surface area (Å²) in [7, 11) is 0. The van der Waals surface area contributed by atoms with Gasteiger partial charge in [0.2, 0.25) is 11.8 Å². The maximum Gasteiger partial charge on any atom is 0.248 e. The largest absolute Gasteiger partial charge is 0.369 e. The Labute approximate surface area is 109 Å². The van der Waals surface area contributed by atoms with Crippen LogP contribution in [-0.4, -0.2) is 48.6 Å². The van der Waals surface area contributed by atoms with Crippen LogP contribution in [0, 0.1) is 0 Å². The third-order valence-electron chi connectivity index (χ3n) is 3.07. The van der Waals surface area contributed by atoms with Gasteiger partial charge in [0.1, 0.15) is 6.61 Å². The van der Waals surface area contributed by atoms with Gasteiger partial charge in [-0.15, -0.1) is 0 Å². The van der Waals surface area contributed by atoms with E-state index in [2.05, 4.69) is 5.32 Å². The van der Waals surface area contributed by atoms with Crippen LogP contribution in [0.5, 0.6) is 0 Å². The lowest BCUT2D eigenvalue weighted by Crippen LogP contribution is -2.47. The first kappa shape index (κ1) is 15.0. The number of piperidine rings is 1. The zero-order valence-corrected chi connectivity index (χ0v) is 11.6. The zero-order chi connectivity index (χ0) is 13.5. The molecule has 1 heterocycles. The molecule has 1 fully saturated rings. The monoisotopic (exact) mass is 256 g/mol. The SMILES string of the molecule is CCC(=O)NC1CCN(C(=O)COC(C)C)CC1. The average Bonchev–Trinajstić information content (AvgIpc) is 2.36. The molecule has 0 bridgehead atoms. The van der Waals surface area contributed by atoms with E-state index in [1.807, 2.05) is 25.7 Å². The quantitative estimate of drug-likeness (QED) is 0.796. The molecule has 0 aromatic carbocycles. The maximum absolute atomic E-state index is 11.8. The Morgan fingerprint density at radius 1 is 1.33 bits per heavy atom. The molecule has 0 radical (unpaired) electrons. The lowest BCUT2D eigenvalue weighted by Gasteiger charge is -2.32. The van der Waals surface area contributed by atoms with Gasteiger partial charge in [-0.2, -0.15) is 0 Å². The molecule has 0 aromatic rings. The fourth-order valence-corrected chi connectivity index (χ4v) is 1.93. The molecule has 0 spiro atoms. The molecule has 5 nitrogen and oxygen atoms in total. The van der Waals surface area contributed by atoms with Gasteiger partial charge in [0, 0.05) is 25.6 Å². The first-order chi connectivity index (χ1) is 8.52. The van der Waals surface area contributed by atoms with E-state index in [-0.39, 0.29) is 30.6 Å². The molecule has 0 atom stereocenters. The Morgan fingerprint density at radius 3 is 2.44 bits per heavy atom. The third kappa shape index (κ3) is 5.04. The molecule has 1 N–H and O–H groups in total. The molecule has 104 valence electrons. The number of ether oxygens (including phenoxy) is 1. The van der Waals surface area contributed by atoms with Gasteiger partial charge in [-0.3, -0.25) is 9.59 Å². The van der Waals surface area contributed by atoms with E-state index in [4.69, 9.17) is 4.74 Å². The van der Waals surface area contributed by atoms with Crippen LogP contribution in [0.4, 0.5) is 0 Å².